The molecule has 7 nitrogen and oxygen atoms in total. The molecule has 0 bridgehead atoms. The number of benzene rings is 2. The van der Waals surface area contributed by atoms with Crippen molar-refractivity contribution >= 4 is 22.5 Å². The van der Waals surface area contributed by atoms with E-state index in [-0.39, 0.29) is 0 Å². The highest BCUT2D eigenvalue weighted by atomic mass is 16.5. The lowest BCUT2D eigenvalue weighted by Crippen LogP contribution is -2.08. The molecular weight excluding hydrogens is 378 g/mol. The molecule has 0 unspecified atom stereocenters. The van der Waals surface area contributed by atoms with E-state index < -0.39 is 0 Å². The largest absolute Gasteiger partial charge is 0.493 e. The van der Waals surface area contributed by atoms with Gasteiger partial charge in [0, 0.05) is 36.5 Å². The molecule has 4 rings (SSSR count). The molecular formula is C23H23N5O2. The van der Waals surface area contributed by atoms with Crippen LogP contribution in [0.4, 0.5) is 11.5 Å². The molecule has 0 saturated carbocycles. The minimum absolute atomic E-state index is 0.363. The number of anilines is 2. The van der Waals surface area contributed by atoms with E-state index in [0.29, 0.717) is 28.4 Å². The van der Waals surface area contributed by atoms with Crippen LogP contribution >= 0.6 is 0 Å². The molecule has 0 fully saturated rings. The first-order valence-corrected chi connectivity index (χ1v) is 9.44. The average Bonchev–Trinajstić information content (AvgIpc) is 2.78. The number of pyridine rings is 1. The summed E-state index contributed by atoms with van der Waals surface area (Å²) in [6, 6.07) is 15.9. The number of nitrogen functional groups attached to an aromatic ring is 1. The second-order valence-electron chi connectivity index (χ2n) is 6.99. The van der Waals surface area contributed by atoms with Crippen LogP contribution in [-0.2, 0) is 0 Å². The Hall–Kier alpha value is -3.87. The molecule has 0 atom stereocenters. The van der Waals surface area contributed by atoms with Crippen molar-refractivity contribution in [2.45, 2.75) is 0 Å². The van der Waals surface area contributed by atoms with Crippen LogP contribution in [0.3, 0.4) is 0 Å². The van der Waals surface area contributed by atoms with E-state index in [1.807, 2.05) is 50.5 Å². The van der Waals surface area contributed by atoms with Crippen LogP contribution in [0.15, 0.2) is 54.9 Å². The smallest absolute Gasteiger partial charge is 0.168 e. The number of ether oxygens (including phenoxy) is 2. The number of fused-ring (bicyclic) bond motifs is 1. The molecule has 2 N–H and O–H groups in total. The van der Waals surface area contributed by atoms with Gasteiger partial charge in [0.05, 0.1) is 25.3 Å². The molecule has 7 heteroatoms. The standard InChI is InChI=1S/C23H23N5O2/c1-28(2)15-10-8-14(9-11-15)18-12-17(20-22(24)25-13-26-23(20)27-18)16-6-5-7-19(29-3)21(16)30-4/h5-13H,1-4H3,(H2,24,25,26,27). The zero-order chi connectivity index (χ0) is 21.3. The van der Waals surface area contributed by atoms with E-state index in [9.17, 15) is 0 Å². The normalized spacial score (nSPS) is 10.8. The summed E-state index contributed by atoms with van der Waals surface area (Å²) in [5, 5.41) is 0.678. The van der Waals surface area contributed by atoms with Crippen molar-refractivity contribution < 1.29 is 9.47 Å². The third-order valence-electron chi connectivity index (χ3n) is 5.01. The Morgan fingerprint density at radius 1 is 0.900 bits per heavy atom. The Labute approximate surface area is 175 Å². The van der Waals surface area contributed by atoms with Crippen LogP contribution in [0.1, 0.15) is 0 Å². The van der Waals surface area contributed by atoms with E-state index in [1.165, 1.54) is 6.33 Å². The molecule has 30 heavy (non-hydrogen) atoms. The van der Waals surface area contributed by atoms with E-state index in [1.54, 1.807) is 14.2 Å². The highest BCUT2D eigenvalue weighted by Gasteiger charge is 2.18. The van der Waals surface area contributed by atoms with Gasteiger partial charge in [-0.1, -0.05) is 24.3 Å². The van der Waals surface area contributed by atoms with Crippen molar-refractivity contribution in [1.29, 1.82) is 0 Å². The van der Waals surface area contributed by atoms with Gasteiger partial charge in [0.1, 0.15) is 12.1 Å². The molecule has 2 aromatic carbocycles. The van der Waals surface area contributed by atoms with Gasteiger partial charge in [-0.25, -0.2) is 15.0 Å². The van der Waals surface area contributed by atoms with Gasteiger partial charge in [-0.3, -0.25) is 0 Å². The summed E-state index contributed by atoms with van der Waals surface area (Å²) in [6.07, 6.45) is 1.43. The maximum atomic E-state index is 6.23. The third kappa shape index (κ3) is 3.34. The fourth-order valence-electron chi connectivity index (χ4n) is 3.48. The van der Waals surface area contributed by atoms with E-state index >= 15 is 0 Å². The van der Waals surface area contributed by atoms with Gasteiger partial charge in [-0.15, -0.1) is 0 Å². The van der Waals surface area contributed by atoms with Gasteiger partial charge in [0.2, 0.25) is 0 Å². The zero-order valence-corrected chi connectivity index (χ0v) is 17.4. The maximum Gasteiger partial charge on any atom is 0.168 e. The lowest BCUT2D eigenvalue weighted by molar-refractivity contribution is 0.356. The summed E-state index contributed by atoms with van der Waals surface area (Å²) in [4.78, 5) is 15.4. The first-order valence-electron chi connectivity index (χ1n) is 9.44. The van der Waals surface area contributed by atoms with Crippen molar-refractivity contribution in [3.8, 4) is 33.9 Å². The number of hydrogen-bond donors (Lipinski definition) is 1. The molecule has 0 amide bonds. The highest BCUT2D eigenvalue weighted by Crippen LogP contribution is 2.42. The Morgan fingerprint density at radius 2 is 1.67 bits per heavy atom. The number of aromatic nitrogens is 3. The Kier molecular flexibility index (Phi) is 5.10. The van der Waals surface area contributed by atoms with Crippen LogP contribution < -0.4 is 20.1 Å². The van der Waals surface area contributed by atoms with Crippen molar-refractivity contribution in [1.82, 2.24) is 15.0 Å². The lowest BCUT2D eigenvalue weighted by Gasteiger charge is -2.16. The summed E-state index contributed by atoms with van der Waals surface area (Å²) in [6.45, 7) is 0. The molecule has 152 valence electrons. The average molecular weight is 401 g/mol. The van der Waals surface area contributed by atoms with Crippen molar-refractivity contribution in [2.24, 2.45) is 0 Å². The summed E-state index contributed by atoms with van der Waals surface area (Å²) < 4.78 is 11.1. The van der Waals surface area contributed by atoms with Crippen LogP contribution in [0.2, 0.25) is 0 Å². The van der Waals surface area contributed by atoms with Crippen LogP contribution in [0, 0.1) is 0 Å². The number of hydrogen-bond acceptors (Lipinski definition) is 7. The predicted octanol–water partition coefficient (Wildman–Crippen LogP) is 4.02. The second-order valence-corrected chi connectivity index (χ2v) is 6.99. The molecule has 0 radical (unpaired) electrons. The Balaban J connectivity index is 2.00. The molecule has 0 aliphatic carbocycles. The molecule has 2 heterocycles. The van der Waals surface area contributed by atoms with Gasteiger partial charge >= 0.3 is 0 Å². The molecule has 0 spiro atoms. The summed E-state index contributed by atoms with van der Waals surface area (Å²) in [7, 11) is 7.25. The molecule has 4 aromatic rings. The highest BCUT2D eigenvalue weighted by molar-refractivity contribution is 6.02. The zero-order valence-electron chi connectivity index (χ0n) is 17.4. The first-order chi connectivity index (χ1) is 14.5. The van der Waals surface area contributed by atoms with Gasteiger partial charge < -0.3 is 20.1 Å². The van der Waals surface area contributed by atoms with E-state index in [4.69, 9.17) is 20.2 Å². The second kappa shape index (κ2) is 7.87. The van der Waals surface area contributed by atoms with Crippen LogP contribution in [-0.4, -0.2) is 43.3 Å². The van der Waals surface area contributed by atoms with Crippen LogP contribution in [0.25, 0.3) is 33.4 Å². The van der Waals surface area contributed by atoms with Gasteiger partial charge in [0.15, 0.2) is 17.1 Å². The molecule has 2 aromatic heterocycles. The SMILES string of the molecule is COc1cccc(-c2cc(-c3ccc(N(C)C)cc3)nc3ncnc(N)c23)c1OC. The van der Waals surface area contributed by atoms with E-state index in [2.05, 4.69) is 27.0 Å². The summed E-state index contributed by atoms with van der Waals surface area (Å²) in [5.41, 5.74) is 11.3. The van der Waals surface area contributed by atoms with Crippen molar-refractivity contribution in [3.05, 3.63) is 54.9 Å². The predicted molar refractivity (Wildman–Crippen MR) is 120 cm³/mol. The third-order valence-corrected chi connectivity index (χ3v) is 5.01. The van der Waals surface area contributed by atoms with Crippen molar-refractivity contribution in [3.63, 3.8) is 0 Å². The number of nitrogens with zero attached hydrogens (tertiary/aromatic N) is 4. The van der Waals surface area contributed by atoms with Gasteiger partial charge in [-0.05, 0) is 24.3 Å². The van der Waals surface area contributed by atoms with Crippen molar-refractivity contribution in [2.75, 3.05) is 38.9 Å². The molecule has 0 aliphatic heterocycles. The monoisotopic (exact) mass is 401 g/mol. The Morgan fingerprint density at radius 3 is 2.33 bits per heavy atom. The quantitative estimate of drug-likeness (QED) is 0.540. The topological polar surface area (TPSA) is 86.4 Å². The summed E-state index contributed by atoms with van der Waals surface area (Å²) in [5.74, 6) is 1.61. The number of rotatable bonds is 5. The fourth-order valence-corrected chi connectivity index (χ4v) is 3.48. The summed E-state index contributed by atoms with van der Waals surface area (Å²) >= 11 is 0. The number of nitrogens with two attached hydrogens (primary N) is 1. The maximum absolute atomic E-state index is 6.23. The lowest BCUT2D eigenvalue weighted by atomic mass is 9.98. The van der Waals surface area contributed by atoms with E-state index in [0.717, 1.165) is 28.1 Å². The molecule has 0 aliphatic rings. The minimum Gasteiger partial charge on any atom is -0.493 e. The van der Waals surface area contributed by atoms with Gasteiger partial charge in [-0.2, -0.15) is 0 Å². The van der Waals surface area contributed by atoms with Crippen LogP contribution in [0.5, 0.6) is 11.5 Å². The fraction of sp³-hybridized carbons (Fsp3) is 0.174. The first kappa shape index (κ1) is 19.4. The van der Waals surface area contributed by atoms with Gasteiger partial charge in [0.25, 0.3) is 0 Å². The minimum atomic E-state index is 0.363. The Bertz CT molecular complexity index is 1210. The number of methoxy groups -OCH3 is 2. The molecule has 0 saturated heterocycles. The number of para-hydroxylation sites is 1.